The maximum Gasteiger partial charge on any atom is 0.262 e. The molecule has 2 saturated carbocycles. The van der Waals surface area contributed by atoms with E-state index in [4.69, 9.17) is 15.7 Å². The molecule has 4 N–H and O–H groups in total. The zero-order valence-electron chi connectivity index (χ0n) is 37.7. The summed E-state index contributed by atoms with van der Waals surface area (Å²) in [4.78, 5) is 40.8. The molecule has 2 aliphatic heterocycles. The number of carbonyl (C=O) groups excluding carboxylic acids is 2. The van der Waals surface area contributed by atoms with E-state index in [-0.39, 0.29) is 54.5 Å². The summed E-state index contributed by atoms with van der Waals surface area (Å²) in [5.74, 6) is 0.147. The number of nitrogens with two attached hydrogens (primary N) is 1. The van der Waals surface area contributed by atoms with Gasteiger partial charge in [-0.3, -0.25) is 24.4 Å². The molecule has 0 saturated heterocycles. The first kappa shape index (κ1) is 45.3. The number of benzene rings is 2. The van der Waals surface area contributed by atoms with Crippen molar-refractivity contribution in [1.82, 2.24) is 9.80 Å². The van der Waals surface area contributed by atoms with E-state index < -0.39 is 45.5 Å². The minimum Gasteiger partial charge on any atom is -0.393 e. The number of halogens is 2. The molecular formula is C49H63F2N7O4. The molecule has 11 nitrogen and oxygen atoms in total. The molecule has 0 aromatic heterocycles. The van der Waals surface area contributed by atoms with Crippen LogP contribution in [0.3, 0.4) is 0 Å². The summed E-state index contributed by atoms with van der Waals surface area (Å²) >= 11 is 0. The molecule has 332 valence electrons. The van der Waals surface area contributed by atoms with E-state index in [1.165, 1.54) is 37.5 Å². The molecule has 4 aliphatic carbocycles. The van der Waals surface area contributed by atoms with Crippen LogP contribution in [0, 0.1) is 57.2 Å². The smallest absolute Gasteiger partial charge is 0.262 e. The number of carbonyl (C=O) groups is 2. The van der Waals surface area contributed by atoms with Crippen LogP contribution in [0.25, 0.3) is 0 Å². The van der Waals surface area contributed by atoms with E-state index in [1.54, 1.807) is 31.2 Å². The Kier molecular flexibility index (Phi) is 11.3. The Morgan fingerprint density at radius 1 is 0.742 bits per heavy atom. The fraction of sp³-hybridized carbons (Fsp3) is 0.633. The largest absolute Gasteiger partial charge is 0.393 e. The number of aliphatic hydroxyl groups is 2. The Balaban J connectivity index is 0.000000186. The third kappa shape index (κ3) is 6.93. The number of rotatable bonds is 6. The molecule has 10 atom stereocenters. The Labute approximate surface area is 365 Å². The monoisotopic (exact) mass is 851 g/mol. The molecular weight excluding hydrogens is 789 g/mol. The van der Waals surface area contributed by atoms with Gasteiger partial charge in [0.2, 0.25) is 0 Å². The van der Waals surface area contributed by atoms with Gasteiger partial charge in [0.15, 0.2) is 17.0 Å². The zero-order chi connectivity index (χ0) is 45.5. The van der Waals surface area contributed by atoms with Crippen molar-refractivity contribution in [2.75, 3.05) is 13.1 Å². The Hall–Kier alpha value is -4.72. The number of aliphatic imine (C=N–C) groups is 2. The van der Waals surface area contributed by atoms with Crippen LogP contribution in [0.4, 0.5) is 8.78 Å². The summed E-state index contributed by atoms with van der Waals surface area (Å²) in [6, 6.07) is 15.3. The number of amidine groups is 1. The average molecular weight is 852 g/mol. The highest BCUT2D eigenvalue weighted by Gasteiger charge is 2.70. The first-order valence-corrected chi connectivity index (χ1v) is 22.3. The van der Waals surface area contributed by atoms with Gasteiger partial charge in [-0.2, -0.15) is 10.5 Å². The topological polar surface area (TPSA) is 179 Å². The Bertz CT molecular complexity index is 2150. The lowest BCUT2D eigenvalue weighted by atomic mass is 9.56. The number of alkyl halides is 2. The Morgan fingerprint density at radius 3 is 1.55 bits per heavy atom. The molecule has 13 heteroatoms. The van der Waals surface area contributed by atoms with Crippen molar-refractivity contribution in [3.8, 4) is 12.1 Å². The zero-order valence-corrected chi connectivity index (χ0v) is 37.7. The highest BCUT2D eigenvalue weighted by Crippen LogP contribution is 2.65. The summed E-state index contributed by atoms with van der Waals surface area (Å²) in [5.41, 5.74) is 4.01. The highest BCUT2D eigenvalue weighted by atomic mass is 19.1. The van der Waals surface area contributed by atoms with E-state index in [0.29, 0.717) is 61.1 Å². The van der Waals surface area contributed by atoms with Gasteiger partial charge in [0, 0.05) is 10.8 Å². The standard InChI is InChI=1S/C25H32FN3O2.C24H31FN4O2/c1-6-18-11-24(10-15(2)21(18)30)12-19-8-7-17(13-27)9-20(19)25(24)22(31)29(16(3)28-25)14-23(4,5)26;1-5-16-10-23(9-14(2)19(16)30)11-17-7-6-15(12-26)8-18(17)24(23)20(31)29(21(27)28-24)13-22(3,4)25/h7-9,15,18,21,30H,6,10-12,14H2,1-5H3;6-8,14,16,19,30H,5,9-11,13H2,1-4H3,(H2,27,28)/t15-,18+,21+,24+,25+;14-,16+,19+,23+,24+/m00/s1. The van der Waals surface area contributed by atoms with E-state index in [2.05, 4.69) is 19.1 Å². The number of hydrogen-bond donors (Lipinski definition) is 3. The van der Waals surface area contributed by atoms with Gasteiger partial charge in [-0.15, -0.1) is 0 Å². The third-order valence-electron chi connectivity index (χ3n) is 15.2. The molecule has 2 heterocycles. The third-order valence-corrected chi connectivity index (χ3v) is 15.2. The number of guanidine groups is 1. The van der Waals surface area contributed by atoms with Gasteiger partial charge in [-0.05, 0) is 143 Å². The van der Waals surface area contributed by atoms with Crippen molar-refractivity contribution in [3.05, 3.63) is 69.8 Å². The molecule has 0 radical (unpaired) electrons. The fourth-order valence-corrected chi connectivity index (χ4v) is 12.7. The van der Waals surface area contributed by atoms with Crippen molar-refractivity contribution in [2.45, 2.75) is 148 Å². The molecule has 0 bridgehead atoms. The van der Waals surface area contributed by atoms with Crippen molar-refractivity contribution in [3.63, 3.8) is 0 Å². The van der Waals surface area contributed by atoms with Crippen LogP contribution in [0.2, 0.25) is 0 Å². The SMILES string of the molecule is CC[C@@H]1C[C@@]2(Cc3ccc(C#N)cc3[C@]23N=C(C)N(CC(C)(C)F)C3=O)C[C@H](C)[C@H]1O.CC[C@@H]1C[C@@]2(Cc3ccc(C#N)cc3[C@]23N=C(N)N(CC(C)(C)F)C3=O)C[C@H](C)[C@H]1O. The second kappa shape index (κ2) is 15.5. The fourth-order valence-electron chi connectivity index (χ4n) is 12.7. The number of nitrogens with zero attached hydrogens (tertiary/aromatic N) is 6. The minimum absolute atomic E-state index is 0.0174. The highest BCUT2D eigenvalue weighted by molar-refractivity contribution is 6.09. The van der Waals surface area contributed by atoms with E-state index >= 15 is 0 Å². The van der Waals surface area contributed by atoms with Crippen LogP contribution >= 0.6 is 0 Å². The van der Waals surface area contributed by atoms with Crippen LogP contribution in [0.15, 0.2) is 46.4 Å². The molecule has 0 unspecified atom stereocenters. The van der Waals surface area contributed by atoms with Gasteiger partial charge in [0.1, 0.15) is 17.2 Å². The first-order chi connectivity index (χ1) is 29.0. The van der Waals surface area contributed by atoms with Crippen LogP contribution in [0.5, 0.6) is 0 Å². The number of fused-ring (bicyclic) bond motifs is 6. The van der Waals surface area contributed by atoms with Crippen LogP contribution in [-0.2, 0) is 33.5 Å². The molecule has 2 amide bonds. The van der Waals surface area contributed by atoms with Gasteiger partial charge in [0.25, 0.3) is 11.8 Å². The van der Waals surface area contributed by atoms with Gasteiger partial charge < -0.3 is 15.9 Å². The van der Waals surface area contributed by atoms with Gasteiger partial charge in [0.05, 0.1) is 48.6 Å². The normalized spacial score (nSPS) is 34.9. The molecule has 8 rings (SSSR count). The summed E-state index contributed by atoms with van der Waals surface area (Å²) in [6.45, 7) is 15.5. The summed E-state index contributed by atoms with van der Waals surface area (Å²) in [5, 5.41) is 40.6. The van der Waals surface area contributed by atoms with Crippen molar-refractivity contribution < 1.29 is 28.6 Å². The molecule has 62 heavy (non-hydrogen) atoms. The van der Waals surface area contributed by atoms with Gasteiger partial charge in [-0.1, -0.05) is 52.7 Å². The van der Waals surface area contributed by atoms with Crippen molar-refractivity contribution >= 4 is 23.6 Å². The molecule has 6 aliphatic rings. The predicted molar refractivity (Wildman–Crippen MR) is 233 cm³/mol. The predicted octanol–water partition coefficient (Wildman–Crippen LogP) is 7.14. The lowest BCUT2D eigenvalue weighted by molar-refractivity contribution is -0.143. The second-order valence-electron chi connectivity index (χ2n) is 20.7. The van der Waals surface area contributed by atoms with Crippen LogP contribution < -0.4 is 5.73 Å². The summed E-state index contributed by atoms with van der Waals surface area (Å²) in [7, 11) is 0. The lowest BCUT2D eigenvalue weighted by Crippen LogP contribution is -2.56. The van der Waals surface area contributed by atoms with E-state index in [1.807, 2.05) is 32.9 Å². The first-order valence-electron chi connectivity index (χ1n) is 22.3. The molecule has 2 aromatic carbocycles. The quantitative estimate of drug-likeness (QED) is 0.276. The maximum absolute atomic E-state index is 14.6. The maximum atomic E-state index is 14.6. The van der Waals surface area contributed by atoms with Crippen LogP contribution in [-0.4, -0.2) is 80.3 Å². The summed E-state index contributed by atoms with van der Waals surface area (Å²) < 4.78 is 29.2. The number of aliphatic hydroxyl groups excluding tert-OH is 2. The number of amides is 2. The van der Waals surface area contributed by atoms with Gasteiger partial charge >= 0.3 is 0 Å². The minimum atomic E-state index is -1.63. The van der Waals surface area contributed by atoms with E-state index in [9.17, 15) is 39.1 Å². The molecule has 2 aromatic rings. The van der Waals surface area contributed by atoms with Crippen molar-refractivity contribution in [2.24, 2.45) is 50.2 Å². The van der Waals surface area contributed by atoms with E-state index in [0.717, 1.165) is 29.5 Å². The number of hydrogen-bond acceptors (Lipinski definition) is 9. The second-order valence-corrected chi connectivity index (χ2v) is 20.7. The average Bonchev–Trinajstić information content (AvgIpc) is 3.81. The molecule has 4 spiro atoms. The Morgan fingerprint density at radius 2 is 1.15 bits per heavy atom. The summed E-state index contributed by atoms with van der Waals surface area (Å²) in [6.07, 6.45) is 4.64. The van der Waals surface area contributed by atoms with Crippen molar-refractivity contribution in [1.29, 1.82) is 10.5 Å². The number of nitriles is 2. The molecule has 2 fully saturated rings. The van der Waals surface area contributed by atoms with Crippen LogP contribution in [0.1, 0.15) is 134 Å². The van der Waals surface area contributed by atoms with Gasteiger partial charge in [-0.25, -0.2) is 13.8 Å². The lowest BCUT2D eigenvalue weighted by Gasteiger charge is -2.50.